The van der Waals surface area contributed by atoms with Gasteiger partial charge in [-0.3, -0.25) is 19.5 Å². The van der Waals surface area contributed by atoms with Crippen molar-refractivity contribution in [3.8, 4) is 5.75 Å². The second kappa shape index (κ2) is 23.0. The maximum absolute atomic E-state index is 12.1. The molecule has 1 aromatic rings. The number of carbonyl (C=O) groups excluding carboxylic acids is 2. The first-order chi connectivity index (χ1) is 21.4. The minimum Gasteiger partial charge on any atom is -0.508 e. The van der Waals surface area contributed by atoms with Gasteiger partial charge in [0.05, 0.1) is 76.1 Å². The number of alkyl halides is 1. The number of amides is 2. The number of phenolic OH excluding ortho intramolecular Hbond substituents is 1. The average molecular weight is 765 g/mol. The van der Waals surface area contributed by atoms with Crippen LogP contribution in [0.4, 0.5) is 5.69 Å². The number of hydrazone groups is 1. The first kappa shape index (κ1) is 37.7. The molecule has 0 unspecified atom stereocenters. The van der Waals surface area contributed by atoms with Crippen molar-refractivity contribution in [1.82, 2.24) is 10.2 Å². The molecular weight excluding hydrogens is 724 g/mol. The molecule has 0 atom stereocenters. The summed E-state index contributed by atoms with van der Waals surface area (Å²) in [6, 6.07) is 6.68. The third-order valence-corrected chi connectivity index (χ3v) is 7.58. The standard InChI is InChI=1S/C28H40Br2N6O7S/c29-19-24-25(30)27(39)36(26(24)38)10-12-41-14-16-43-18-17-42-15-13-40-11-9-32-20-22(35-31)3-1-2-8-33-28(44)34-21-4-6-23(37)7-5-21/h4-7,20,37H,1-3,8-19,31H2,(H2,33,34,44)/b32-20?,35-22-. The van der Waals surface area contributed by atoms with Gasteiger partial charge in [0.25, 0.3) is 11.8 Å². The minimum atomic E-state index is -0.343. The first-order valence-electron chi connectivity index (χ1n) is 14.1. The number of aromatic hydroxyl groups is 1. The second-order valence-corrected chi connectivity index (χ2v) is 10.9. The fourth-order valence-electron chi connectivity index (χ4n) is 3.64. The average Bonchev–Trinajstić information content (AvgIpc) is 3.22. The van der Waals surface area contributed by atoms with Crippen LogP contribution in [-0.4, -0.2) is 117 Å². The van der Waals surface area contributed by atoms with E-state index in [9.17, 15) is 14.7 Å². The molecule has 0 aromatic heterocycles. The lowest BCUT2D eigenvalue weighted by Gasteiger charge is -2.14. The van der Waals surface area contributed by atoms with Crippen LogP contribution in [0.15, 0.2) is 44.4 Å². The van der Waals surface area contributed by atoms with Crippen LogP contribution in [-0.2, 0) is 28.5 Å². The van der Waals surface area contributed by atoms with E-state index < -0.39 is 0 Å². The number of hydrogen-bond donors (Lipinski definition) is 4. The van der Waals surface area contributed by atoms with E-state index in [1.165, 1.54) is 0 Å². The van der Waals surface area contributed by atoms with Gasteiger partial charge in [-0.25, -0.2) is 0 Å². The number of thiocarbonyl (C=S) groups is 1. The van der Waals surface area contributed by atoms with Crippen molar-refractivity contribution in [2.24, 2.45) is 15.9 Å². The Hall–Kier alpha value is -2.47. The van der Waals surface area contributed by atoms with E-state index >= 15 is 0 Å². The largest absolute Gasteiger partial charge is 0.508 e. The molecule has 5 N–H and O–H groups in total. The van der Waals surface area contributed by atoms with Crippen molar-refractivity contribution in [1.29, 1.82) is 0 Å². The third kappa shape index (κ3) is 15.0. The van der Waals surface area contributed by atoms with E-state index in [0.29, 0.717) is 86.3 Å². The van der Waals surface area contributed by atoms with Gasteiger partial charge in [-0.1, -0.05) is 15.9 Å². The molecule has 0 saturated heterocycles. The molecule has 0 fully saturated rings. The summed E-state index contributed by atoms with van der Waals surface area (Å²) in [5.41, 5.74) is 1.94. The van der Waals surface area contributed by atoms with E-state index in [4.69, 9.17) is 37.0 Å². The Morgan fingerprint density at radius 2 is 1.57 bits per heavy atom. The number of nitrogens with zero attached hydrogens (tertiary/aromatic N) is 3. The van der Waals surface area contributed by atoms with Gasteiger partial charge < -0.3 is 40.5 Å². The quantitative estimate of drug-likeness (QED) is 0.0189. The number of anilines is 1. The zero-order chi connectivity index (χ0) is 32.0. The molecule has 0 radical (unpaired) electrons. The van der Waals surface area contributed by atoms with E-state index in [1.807, 2.05) is 0 Å². The molecular formula is C28H40Br2N6O7S. The Morgan fingerprint density at radius 1 is 0.955 bits per heavy atom. The van der Waals surface area contributed by atoms with Crippen LogP contribution in [0.3, 0.4) is 0 Å². The molecule has 2 rings (SSSR count). The van der Waals surface area contributed by atoms with Crippen LogP contribution in [0.5, 0.6) is 5.75 Å². The summed E-state index contributed by atoms with van der Waals surface area (Å²) in [6.45, 7) is 4.56. The molecule has 0 bridgehead atoms. The van der Waals surface area contributed by atoms with Gasteiger partial charge >= 0.3 is 0 Å². The van der Waals surface area contributed by atoms with Crippen molar-refractivity contribution in [2.75, 3.05) is 83.1 Å². The maximum Gasteiger partial charge on any atom is 0.268 e. The summed E-state index contributed by atoms with van der Waals surface area (Å²) < 4.78 is 22.2. The van der Waals surface area contributed by atoms with Gasteiger partial charge in [-0.2, -0.15) is 5.10 Å². The van der Waals surface area contributed by atoms with Crippen LogP contribution in [0.1, 0.15) is 19.3 Å². The summed E-state index contributed by atoms with van der Waals surface area (Å²) in [5.74, 6) is 5.03. The summed E-state index contributed by atoms with van der Waals surface area (Å²) in [5, 5.41) is 20.2. The number of ether oxygens (including phenoxy) is 4. The van der Waals surface area contributed by atoms with Crippen LogP contribution >= 0.6 is 44.1 Å². The fourth-order valence-corrected chi connectivity index (χ4v) is 5.28. The van der Waals surface area contributed by atoms with Crippen LogP contribution < -0.4 is 16.5 Å². The predicted molar refractivity (Wildman–Crippen MR) is 181 cm³/mol. The summed E-state index contributed by atoms with van der Waals surface area (Å²) in [4.78, 5) is 29.7. The van der Waals surface area contributed by atoms with Gasteiger partial charge in [0.2, 0.25) is 0 Å². The Labute approximate surface area is 279 Å². The van der Waals surface area contributed by atoms with E-state index in [2.05, 4.69) is 52.6 Å². The van der Waals surface area contributed by atoms with Gasteiger partial charge in [0, 0.05) is 29.3 Å². The zero-order valence-corrected chi connectivity index (χ0v) is 28.5. The topological polar surface area (TPSA) is 169 Å². The van der Waals surface area contributed by atoms with Gasteiger partial charge in [0.1, 0.15) is 5.75 Å². The zero-order valence-electron chi connectivity index (χ0n) is 24.5. The monoisotopic (exact) mass is 762 g/mol. The molecule has 0 aliphatic carbocycles. The van der Waals surface area contributed by atoms with E-state index in [1.54, 1.807) is 30.5 Å². The van der Waals surface area contributed by atoms with Crippen LogP contribution in [0, 0.1) is 0 Å². The number of hydrogen-bond acceptors (Lipinski definition) is 11. The highest BCUT2D eigenvalue weighted by atomic mass is 79.9. The molecule has 1 aliphatic heterocycles. The highest BCUT2D eigenvalue weighted by molar-refractivity contribution is 9.12. The van der Waals surface area contributed by atoms with Crippen molar-refractivity contribution in [3.05, 3.63) is 34.3 Å². The summed E-state index contributed by atoms with van der Waals surface area (Å²) in [7, 11) is 0. The fraction of sp³-hybridized carbons (Fsp3) is 0.536. The van der Waals surface area contributed by atoms with Crippen molar-refractivity contribution in [2.45, 2.75) is 19.3 Å². The third-order valence-electron chi connectivity index (χ3n) is 5.95. The summed E-state index contributed by atoms with van der Waals surface area (Å²) >= 11 is 11.6. The number of halogens is 2. The Morgan fingerprint density at radius 3 is 2.16 bits per heavy atom. The smallest absolute Gasteiger partial charge is 0.268 e. The lowest BCUT2D eigenvalue weighted by atomic mass is 10.2. The molecule has 0 saturated carbocycles. The van der Waals surface area contributed by atoms with Crippen molar-refractivity contribution >= 4 is 78.6 Å². The number of aliphatic imine (C=N–C) groups is 1. The van der Waals surface area contributed by atoms with Crippen LogP contribution in [0.25, 0.3) is 0 Å². The number of carbonyl (C=O) groups is 2. The molecule has 13 nitrogen and oxygen atoms in total. The molecule has 1 aromatic carbocycles. The maximum atomic E-state index is 12.1. The van der Waals surface area contributed by atoms with E-state index in [0.717, 1.165) is 29.1 Å². The SMILES string of the molecule is N/N=C(\C=NCCOCCOCCOCCOCCN1C(=O)C(Br)=C(CBr)C1=O)CCCCNC(=S)Nc1ccc(O)cc1. The summed E-state index contributed by atoms with van der Waals surface area (Å²) in [6.07, 6.45) is 4.14. The number of nitrogens with two attached hydrogens (primary N) is 1. The molecule has 1 heterocycles. The highest BCUT2D eigenvalue weighted by Gasteiger charge is 2.35. The lowest BCUT2D eigenvalue weighted by molar-refractivity contribution is -0.138. The number of rotatable bonds is 23. The molecule has 16 heteroatoms. The molecule has 44 heavy (non-hydrogen) atoms. The predicted octanol–water partition coefficient (Wildman–Crippen LogP) is 2.71. The lowest BCUT2D eigenvalue weighted by Crippen LogP contribution is -2.34. The van der Waals surface area contributed by atoms with Crippen LogP contribution in [0.2, 0.25) is 0 Å². The molecule has 0 spiro atoms. The molecule has 244 valence electrons. The van der Waals surface area contributed by atoms with Gasteiger partial charge in [-0.05, 0) is 71.7 Å². The van der Waals surface area contributed by atoms with Gasteiger partial charge in [-0.15, -0.1) is 0 Å². The number of benzene rings is 1. The van der Waals surface area contributed by atoms with Crippen molar-refractivity contribution in [3.63, 3.8) is 0 Å². The first-order valence-corrected chi connectivity index (χ1v) is 16.4. The molecule has 2 amide bonds. The molecule has 1 aliphatic rings. The van der Waals surface area contributed by atoms with Gasteiger partial charge in [0.15, 0.2) is 5.11 Å². The number of nitrogens with one attached hydrogen (secondary N) is 2. The number of unbranched alkanes of at least 4 members (excludes halogenated alkanes) is 1. The number of imide groups is 1. The second-order valence-electron chi connectivity index (χ2n) is 9.18. The Bertz CT molecular complexity index is 1140. The van der Waals surface area contributed by atoms with Crippen molar-refractivity contribution < 1.29 is 33.6 Å². The highest BCUT2D eigenvalue weighted by Crippen LogP contribution is 2.26. The Kier molecular flexibility index (Phi) is 19.7. The number of phenols is 1. The minimum absolute atomic E-state index is 0.191. The Balaban J connectivity index is 1.35. The normalized spacial score (nSPS) is 13.9. The van der Waals surface area contributed by atoms with E-state index in [-0.39, 0.29) is 30.7 Å².